The van der Waals surface area contributed by atoms with Gasteiger partial charge in [0.25, 0.3) is 0 Å². The summed E-state index contributed by atoms with van der Waals surface area (Å²) in [6, 6.07) is -0.448. The standard InChI is InChI=1S/C10H16F3N3O/c1-3-5-7(4-2)15-6-8(9(14)16-17)10(11,12)13/h2,7-8,15,17H,3,5-6H2,1H3,(H2,14,16). The van der Waals surface area contributed by atoms with E-state index in [0.29, 0.717) is 6.42 Å². The van der Waals surface area contributed by atoms with Gasteiger partial charge in [-0.15, -0.1) is 6.42 Å². The quantitative estimate of drug-likeness (QED) is 0.219. The molecule has 0 amide bonds. The molecule has 0 bridgehead atoms. The SMILES string of the molecule is C#CC(CCC)NCC(C(N)=NO)C(F)(F)F. The minimum Gasteiger partial charge on any atom is -0.409 e. The van der Waals surface area contributed by atoms with Gasteiger partial charge in [-0.05, 0) is 6.42 Å². The van der Waals surface area contributed by atoms with Crippen LogP contribution in [0.4, 0.5) is 13.2 Å². The highest BCUT2D eigenvalue weighted by molar-refractivity contribution is 5.83. The molecule has 0 aromatic rings. The fraction of sp³-hybridized carbons (Fsp3) is 0.700. The summed E-state index contributed by atoms with van der Waals surface area (Å²) in [4.78, 5) is 0. The largest absolute Gasteiger partial charge is 0.409 e. The molecule has 0 aromatic carbocycles. The molecule has 0 spiro atoms. The first kappa shape index (κ1) is 15.6. The Morgan fingerprint density at radius 3 is 2.53 bits per heavy atom. The van der Waals surface area contributed by atoms with E-state index in [9.17, 15) is 13.2 Å². The van der Waals surface area contributed by atoms with Gasteiger partial charge in [0.2, 0.25) is 0 Å². The summed E-state index contributed by atoms with van der Waals surface area (Å²) in [5.41, 5.74) is 4.99. The Hall–Kier alpha value is -1.42. The molecule has 0 aliphatic carbocycles. The van der Waals surface area contributed by atoms with E-state index in [0.717, 1.165) is 6.42 Å². The second-order valence-electron chi connectivity index (χ2n) is 3.54. The number of hydrogen-bond donors (Lipinski definition) is 3. The molecule has 98 valence electrons. The first-order chi connectivity index (χ1) is 7.86. The highest BCUT2D eigenvalue weighted by Crippen LogP contribution is 2.26. The Bertz CT molecular complexity index is 296. The van der Waals surface area contributed by atoms with Gasteiger partial charge in [-0.1, -0.05) is 24.4 Å². The number of nitrogens with two attached hydrogens (primary N) is 1. The van der Waals surface area contributed by atoms with E-state index in [1.807, 2.05) is 6.92 Å². The molecule has 0 radical (unpaired) electrons. The Morgan fingerprint density at radius 2 is 2.18 bits per heavy atom. The van der Waals surface area contributed by atoms with Crippen molar-refractivity contribution in [2.75, 3.05) is 6.54 Å². The van der Waals surface area contributed by atoms with Gasteiger partial charge in [-0.2, -0.15) is 13.2 Å². The second kappa shape index (κ2) is 7.01. The lowest BCUT2D eigenvalue weighted by molar-refractivity contribution is -0.155. The topological polar surface area (TPSA) is 70.6 Å². The normalized spacial score (nSPS) is 16.3. The maximum absolute atomic E-state index is 12.5. The smallest absolute Gasteiger partial charge is 0.400 e. The molecule has 0 rings (SSSR count). The van der Waals surface area contributed by atoms with Gasteiger partial charge in [0.15, 0.2) is 5.84 Å². The van der Waals surface area contributed by atoms with Crippen LogP contribution in [0, 0.1) is 18.3 Å². The van der Waals surface area contributed by atoms with Crippen molar-refractivity contribution in [1.82, 2.24) is 5.32 Å². The zero-order chi connectivity index (χ0) is 13.5. The van der Waals surface area contributed by atoms with E-state index in [4.69, 9.17) is 17.4 Å². The number of halogens is 3. The van der Waals surface area contributed by atoms with Gasteiger partial charge in [0.05, 0.1) is 6.04 Å². The minimum absolute atomic E-state index is 0.448. The van der Waals surface area contributed by atoms with Crippen LogP contribution in [0.2, 0.25) is 0 Å². The maximum atomic E-state index is 12.5. The summed E-state index contributed by atoms with van der Waals surface area (Å²) in [5.74, 6) is -0.574. The van der Waals surface area contributed by atoms with Gasteiger partial charge < -0.3 is 16.3 Å². The van der Waals surface area contributed by atoms with Crippen molar-refractivity contribution >= 4 is 5.84 Å². The van der Waals surface area contributed by atoms with Crippen LogP contribution in [0.3, 0.4) is 0 Å². The van der Waals surface area contributed by atoms with Crippen molar-refractivity contribution in [3.8, 4) is 12.3 Å². The number of terminal acetylenes is 1. The fourth-order valence-corrected chi connectivity index (χ4v) is 1.25. The zero-order valence-electron chi connectivity index (χ0n) is 9.46. The third kappa shape index (κ3) is 5.45. The van der Waals surface area contributed by atoms with Gasteiger partial charge >= 0.3 is 6.18 Å². The average Bonchev–Trinajstić information content (AvgIpc) is 2.25. The average molecular weight is 251 g/mol. The van der Waals surface area contributed by atoms with Crippen LogP contribution < -0.4 is 11.1 Å². The van der Waals surface area contributed by atoms with Crippen molar-refractivity contribution in [2.45, 2.75) is 32.0 Å². The van der Waals surface area contributed by atoms with E-state index in [1.54, 1.807) is 0 Å². The summed E-state index contributed by atoms with van der Waals surface area (Å²) < 4.78 is 37.6. The third-order valence-electron chi connectivity index (χ3n) is 2.21. The lowest BCUT2D eigenvalue weighted by atomic mass is 10.1. The monoisotopic (exact) mass is 251 g/mol. The molecule has 7 heteroatoms. The second-order valence-corrected chi connectivity index (χ2v) is 3.54. The molecule has 0 saturated carbocycles. The molecule has 0 saturated heterocycles. The Balaban J connectivity index is 4.53. The van der Waals surface area contributed by atoms with E-state index >= 15 is 0 Å². The number of nitrogens with one attached hydrogen (secondary N) is 1. The summed E-state index contributed by atoms with van der Waals surface area (Å²) >= 11 is 0. The molecule has 0 aliphatic rings. The number of hydrogen-bond acceptors (Lipinski definition) is 3. The molecule has 17 heavy (non-hydrogen) atoms. The van der Waals surface area contributed by atoms with Crippen LogP contribution in [0.5, 0.6) is 0 Å². The first-order valence-electron chi connectivity index (χ1n) is 5.10. The molecule has 2 atom stereocenters. The predicted molar refractivity (Wildman–Crippen MR) is 58.5 cm³/mol. The molecule has 0 fully saturated rings. The number of oxime groups is 1. The molecular formula is C10H16F3N3O. The molecular weight excluding hydrogens is 235 g/mol. The summed E-state index contributed by atoms with van der Waals surface area (Å²) in [7, 11) is 0. The lowest BCUT2D eigenvalue weighted by Gasteiger charge is -2.21. The summed E-state index contributed by atoms with van der Waals surface area (Å²) in [6.07, 6.45) is 1.90. The minimum atomic E-state index is -4.57. The van der Waals surface area contributed by atoms with Gasteiger partial charge in [0.1, 0.15) is 5.92 Å². The Morgan fingerprint density at radius 1 is 1.59 bits per heavy atom. The number of alkyl halides is 3. The first-order valence-corrected chi connectivity index (χ1v) is 5.10. The zero-order valence-corrected chi connectivity index (χ0v) is 9.46. The predicted octanol–water partition coefficient (Wildman–Crippen LogP) is 1.30. The summed E-state index contributed by atoms with van der Waals surface area (Å²) in [5, 5.41) is 13.2. The van der Waals surface area contributed by atoms with Crippen LogP contribution in [-0.4, -0.2) is 29.8 Å². The van der Waals surface area contributed by atoms with Crippen molar-refractivity contribution in [2.24, 2.45) is 16.8 Å². The van der Waals surface area contributed by atoms with Crippen molar-refractivity contribution in [3.63, 3.8) is 0 Å². The summed E-state index contributed by atoms with van der Waals surface area (Å²) in [6.45, 7) is 1.37. The van der Waals surface area contributed by atoms with E-state index in [1.165, 1.54) is 0 Å². The van der Waals surface area contributed by atoms with Gasteiger partial charge in [-0.3, -0.25) is 0 Å². The number of nitrogens with zero attached hydrogens (tertiary/aromatic N) is 1. The molecule has 0 aliphatic heterocycles. The van der Waals surface area contributed by atoms with Crippen molar-refractivity contribution in [3.05, 3.63) is 0 Å². The maximum Gasteiger partial charge on any atom is 0.400 e. The molecule has 4 nitrogen and oxygen atoms in total. The van der Waals surface area contributed by atoms with Gasteiger partial charge in [-0.25, -0.2) is 0 Å². The van der Waals surface area contributed by atoms with Crippen LogP contribution in [0.15, 0.2) is 5.16 Å². The van der Waals surface area contributed by atoms with Crippen molar-refractivity contribution < 1.29 is 18.4 Å². The molecule has 0 aromatic heterocycles. The Kier molecular flexibility index (Phi) is 6.43. The lowest BCUT2D eigenvalue weighted by Crippen LogP contribution is -2.45. The van der Waals surface area contributed by atoms with Crippen LogP contribution >= 0.6 is 0 Å². The third-order valence-corrected chi connectivity index (χ3v) is 2.21. The molecule has 2 unspecified atom stereocenters. The highest BCUT2D eigenvalue weighted by atomic mass is 19.4. The fourth-order valence-electron chi connectivity index (χ4n) is 1.25. The highest BCUT2D eigenvalue weighted by Gasteiger charge is 2.42. The molecule has 0 heterocycles. The van der Waals surface area contributed by atoms with Gasteiger partial charge in [0, 0.05) is 6.54 Å². The Labute approximate surface area is 98.1 Å². The number of rotatable bonds is 6. The van der Waals surface area contributed by atoms with Crippen LogP contribution in [-0.2, 0) is 0 Å². The van der Waals surface area contributed by atoms with E-state index in [-0.39, 0.29) is 0 Å². The van der Waals surface area contributed by atoms with E-state index < -0.39 is 30.5 Å². The number of amidine groups is 1. The van der Waals surface area contributed by atoms with E-state index in [2.05, 4.69) is 16.4 Å². The molecule has 4 N–H and O–H groups in total. The van der Waals surface area contributed by atoms with Crippen LogP contribution in [0.25, 0.3) is 0 Å². The van der Waals surface area contributed by atoms with Crippen LogP contribution in [0.1, 0.15) is 19.8 Å². The van der Waals surface area contributed by atoms with Crippen molar-refractivity contribution in [1.29, 1.82) is 0 Å².